The molecule has 3 rings (SSSR count). The van der Waals surface area contributed by atoms with Gasteiger partial charge in [-0.05, 0) is 24.3 Å². The number of ether oxygens (including phenoxy) is 4. The lowest BCUT2D eigenvalue weighted by Gasteiger charge is -2.07. The second-order valence-electron chi connectivity index (χ2n) is 4.33. The number of hydrogen-bond acceptors (Lipinski definition) is 4. The topological polar surface area (TPSA) is 43.5 Å². The molecule has 2 unspecified atom stereocenters. The summed E-state index contributed by atoms with van der Waals surface area (Å²) in [5, 5.41) is 0. The van der Waals surface area contributed by atoms with Crippen molar-refractivity contribution in [1.29, 1.82) is 0 Å². The fourth-order valence-corrected chi connectivity index (χ4v) is 1.53. The van der Waals surface area contributed by atoms with Crippen LogP contribution in [0.4, 0.5) is 0 Å². The van der Waals surface area contributed by atoms with E-state index in [1.165, 1.54) is 0 Å². The highest BCUT2D eigenvalue weighted by Crippen LogP contribution is 2.20. The van der Waals surface area contributed by atoms with Gasteiger partial charge in [-0.25, -0.2) is 0 Å². The minimum atomic E-state index is 0.296. The van der Waals surface area contributed by atoms with Crippen LogP contribution >= 0.6 is 0 Å². The van der Waals surface area contributed by atoms with Crippen LogP contribution in [0.3, 0.4) is 0 Å². The molecule has 1 aromatic carbocycles. The molecule has 0 bridgehead atoms. The Morgan fingerprint density at radius 1 is 0.941 bits per heavy atom. The fraction of sp³-hybridized carbons (Fsp3) is 0.538. The molecule has 0 amide bonds. The number of rotatable bonds is 7. The molecule has 0 aliphatic carbocycles. The van der Waals surface area contributed by atoms with Gasteiger partial charge in [0.25, 0.3) is 0 Å². The first-order chi connectivity index (χ1) is 8.40. The Hall–Kier alpha value is -1.26. The zero-order valence-electron chi connectivity index (χ0n) is 9.63. The first-order valence-corrected chi connectivity index (χ1v) is 5.99. The molecular formula is C13H16O4. The van der Waals surface area contributed by atoms with Gasteiger partial charge >= 0.3 is 0 Å². The van der Waals surface area contributed by atoms with Crippen molar-refractivity contribution < 1.29 is 18.9 Å². The molecule has 2 saturated heterocycles. The Kier molecular flexibility index (Phi) is 3.16. The highest BCUT2D eigenvalue weighted by molar-refractivity contribution is 5.31. The van der Waals surface area contributed by atoms with Crippen molar-refractivity contribution in [2.45, 2.75) is 18.6 Å². The van der Waals surface area contributed by atoms with Crippen molar-refractivity contribution in [3.63, 3.8) is 0 Å². The van der Waals surface area contributed by atoms with E-state index in [1.807, 2.05) is 24.3 Å². The van der Waals surface area contributed by atoms with Crippen LogP contribution in [-0.4, -0.2) is 38.6 Å². The first-order valence-electron chi connectivity index (χ1n) is 5.99. The predicted octanol–water partition coefficient (Wildman–Crippen LogP) is 1.63. The summed E-state index contributed by atoms with van der Waals surface area (Å²) < 4.78 is 21.3. The Balaban J connectivity index is 1.41. The van der Waals surface area contributed by atoms with Gasteiger partial charge in [0.05, 0.1) is 25.9 Å². The van der Waals surface area contributed by atoms with E-state index in [2.05, 4.69) is 0 Å². The van der Waals surface area contributed by atoms with Gasteiger partial charge in [-0.1, -0.05) is 0 Å². The summed E-state index contributed by atoms with van der Waals surface area (Å²) in [6.45, 7) is 3.06. The van der Waals surface area contributed by atoms with Crippen molar-refractivity contribution in [3.05, 3.63) is 24.3 Å². The summed E-state index contributed by atoms with van der Waals surface area (Å²) >= 11 is 0. The van der Waals surface area contributed by atoms with Crippen molar-refractivity contribution in [2.24, 2.45) is 0 Å². The molecule has 0 aromatic heterocycles. The summed E-state index contributed by atoms with van der Waals surface area (Å²) in [5.41, 5.74) is 0. The van der Waals surface area contributed by atoms with Gasteiger partial charge in [0.15, 0.2) is 0 Å². The Morgan fingerprint density at radius 3 is 2.12 bits per heavy atom. The molecule has 2 aliphatic rings. The van der Waals surface area contributed by atoms with Crippen LogP contribution in [0.2, 0.25) is 0 Å². The van der Waals surface area contributed by atoms with Crippen LogP contribution in [-0.2, 0) is 9.47 Å². The van der Waals surface area contributed by atoms with Crippen molar-refractivity contribution in [1.82, 2.24) is 0 Å². The molecule has 1 aromatic rings. The molecule has 2 aliphatic heterocycles. The fourth-order valence-electron chi connectivity index (χ4n) is 1.53. The predicted molar refractivity (Wildman–Crippen MR) is 61.5 cm³/mol. The van der Waals surface area contributed by atoms with E-state index in [4.69, 9.17) is 18.9 Å². The van der Waals surface area contributed by atoms with Crippen LogP contribution in [0.15, 0.2) is 24.3 Å². The van der Waals surface area contributed by atoms with Gasteiger partial charge in [0.1, 0.15) is 24.2 Å². The zero-order chi connectivity index (χ0) is 11.5. The number of hydrogen-bond donors (Lipinski definition) is 0. The van der Waals surface area contributed by atoms with Gasteiger partial charge < -0.3 is 18.9 Å². The van der Waals surface area contributed by atoms with Crippen molar-refractivity contribution in [2.75, 3.05) is 26.4 Å². The second-order valence-corrected chi connectivity index (χ2v) is 4.33. The van der Waals surface area contributed by atoms with E-state index in [9.17, 15) is 0 Å². The Bertz CT molecular complexity index is 354. The maximum absolute atomic E-state index is 5.59. The van der Waals surface area contributed by atoms with Gasteiger partial charge in [0.2, 0.25) is 0 Å². The first kappa shape index (κ1) is 10.9. The van der Waals surface area contributed by atoms with E-state index in [1.54, 1.807) is 0 Å². The standard InChI is InChI=1S/C13H16O4/c1-3-11(15-8-13-9-17-13)4-2-10(1)14-6-5-12-7-16-12/h1-4,12-13H,5-9H2. The minimum Gasteiger partial charge on any atom is -0.493 e. The molecule has 17 heavy (non-hydrogen) atoms. The quantitative estimate of drug-likeness (QED) is 0.675. The summed E-state index contributed by atoms with van der Waals surface area (Å²) in [5.74, 6) is 1.74. The maximum Gasteiger partial charge on any atom is 0.119 e. The summed E-state index contributed by atoms with van der Waals surface area (Å²) in [6, 6.07) is 7.70. The lowest BCUT2D eigenvalue weighted by Crippen LogP contribution is -2.04. The Labute approximate surface area is 100 Å². The molecule has 2 fully saturated rings. The summed E-state index contributed by atoms with van der Waals surface area (Å²) in [6.07, 6.45) is 1.69. The third-order valence-corrected chi connectivity index (χ3v) is 2.77. The summed E-state index contributed by atoms with van der Waals surface area (Å²) in [4.78, 5) is 0. The van der Waals surface area contributed by atoms with Crippen molar-refractivity contribution in [3.8, 4) is 11.5 Å². The smallest absolute Gasteiger partial charge is 0.119 e. The normalized spacial score (nSPS) is 25.4. The van der Waals surface area contributed by atoms with Crippen LogP contribution < -0.4 is 9.47 Å². The van der Waals surface area contributed by atoms with E-state index in [0.717, 1.165) is 31.1 Å². The molecule has 4 heteroatoms. The lowest BCUT2D eigenvalue weighted by molar-refractivity contribution is 0.261. The highest BCUT2D eigenvalue weighted by atomic mass is 16.6. The molecule has 4 nitrogen and oxygen atoms in total. The third-order valence-electron chi connectivity index (χ3n) is 2.77. The molecule has 0 N–H and O–H groups in total. The molecule has 0 spiro atoms. The molecule has 2 atom stereocenters. The zero-order valence-corrected chi connectivity index (χ0v) is 9.63. The van der Waals surface area contributed by atoms with Crippen LogP contribution in [0.5, 0.6) is 11.5 Å². The highest BCUT2D eigenvalue weighted by Gasteiger charge is 2.23. The van der Waals surface area contributed by atoms with Gasteiger partial charge in [-0.2, -0.15) is 0 Å². The van der Waals surface area contributed by atoms with E-state index >= 15 is 0 Å². The molecular weight excluding hydrogens is 220 g/mol. The SMILES string of the molecule is c1cc(OCC2CO2)ccc1OCCC1CO1. The average molecular weight is 236 g/mol. The summed E-state index contributed by atoms with van der Waals surface area (Å²) in [7, 11) is 0. The second kappa shape index (κ2) is 4.94. The number of benzene rings is 1. The minimum absolute atomic E-state index is 0.296. The van der Waals surface area contributed by atoms with Gasteiger partial charge in [0, 0.05) is 6.42 Å². The van der Waals surface area contributed by atoms with Crippen LogP contribution in [0, 0.1) is 0 Å². The lowest BCUT2D eigenvalue weighted by atomic mass is 10.3. The molecule has 92 valence electrons. The monoisotopic (exact) mass is 236 g/mol. The maximum atomic E-state index is 5.59. The molecule has 0 saturated carbocycles. The van der Waals surface area contributed by atoms with Gasteiger partial charge in [-0.15, -0.1) is 0 Å². The van der Waals surface area contributed by atoms with E-state index in [0.29, 0.717) is 25.4 Å². The Morgan fingerprint density at radius 2 is 1.53 bits per heavy atom. The van der Waals surface area contributed by atoms with Crippen LogP contribution in [0.25, 0.3) is 0 Å². The molecule has 2 heterocycles. The number of epoxide rings is 2. The third kappa shape index (κ3) is 3.61. The largest absolute Gasteiger partial charge is 0.493 e. The van der Waals surface area contributed by atoms with E-state index < -0.39 is 0 Å². The van der Waals surface area contributed by atoms with Crippen molar-refractivity contribution >= 4 is 0 Å². The average Bonchev–Trinajstić information content (AvgIpc) is 3.23. The molecule has 0 radical (unpaired) electrons. The van der Waals surface area contributed by atoms with Crippen LogP contribution in [0.1, 0.15) is 6.42 Å². The van der Waals surface area contributed by atoms with Gasteiger partial charge in [-0.3, -0.25) is 0 Å². The van der Waals surface area contributed by atoms with E-state index in [-0.39, 0.29) is 0 Å².